The minimum atomic E-state index is 0.778. The first kappa shape index (κ1) is 11.5. The summed E-state index contributed by atoms with van der Waals surface area (Å²) in [7, 11) is 1.84. The van der Waals surface area contributed by atoms with E-state index in [1.54, 1.807) is 4.90 Å². The number of likely N-dealkylation sites (N-methyl/N-ethyl adjacent to an activating group) is 2. The van der Waals surface area contributed by atoms with Gasteiger partial charge in [-0.3, -0.25) is 9.69 Å². The lowest BCUT2D eigenvalue weighted by atomic mass is 10.2. The van der Waals surface area contributed by atoms with Crippen molar-refractivity contribution in [1.82, 2.24) is 9.80 Å². The van der Waals surface area contributed by atoms with Crippen LogP contribution < -0.4 is 0 Å². The second-order valence-corrected chi connectivity index (χ2v) is 4.15. The SMILES string of the molecule is CCN(CCN(C)C=O)C1CCCC1. The van der Waals surface area contributed by atoms with Gasteiger partial charge in [0.05, 0.1) is 0 Å². The lowest BCUT2D eigenvalue weighted by Gasteiger charge is -2.28. The lowest BCUT2D eigenvalue weighted by Crippen LogP contribution is -2.38. The summed E-state index contributed by atoms with van der Waals surface area (Å²) in [6.45, 7) is 5.20. The number of rotatable bonds is 6. The summed E-state index contributed by atoms with van der Waals surface area (Å²) in [4.78, 5) is 14.7. The van der Waals surface area contributed by atoms with E-state index >= 15 is 0 Å². The van der Waals surface area contributed by atoms with E-state index in [0.717, 1.165) is 32.1 Å². The highest BCUT2D eigenvalue weighted by atomic mass is 16.1. The third-order valence-corrected chi connectivity index (χ3v) is 3.17. The van der Waals surface area contributed by atoms with Crippen molar-refractivity contribution >= 4 is 6.41 Å². The van der Waals surface area contributed by atoms with Crippen molar-refractivity contribution in [3.63, 3.8) is 0 Å². The second-order valence-electron chi connectivity index (χ2n) is 4.15. The average Bonchev–Trinajstić information content (AvgIpc) is 2.72. The first-order valence-corrected chi connectivity index (χ1v) is 5.67. The Balaban J connectivity index is 2.26. The van der Waals surface area contributed by atoms with Gasteiger partial charge in [0.2, 0.25) is 6.41 Å². The van der Waals surface area contributed by atoms with Crippen LogP contribution in [-0.2, 0) is 4.79 Å². The van der Waals surface area contributed by atoms with Crippen LogP contribution in [0.4, 0.5) is 0 Å². The van der Waals surface area contributed by atoms with Gasteiger partial charge in [-0.2, -0.15) is 0 Å². The molecule has 0 aromatic heterocycles. The molecule has 3 nitrogen and oxygen atoms in total. The summed E-state index contributed by atoms with van der Waals surface area (Å²) in [5.74, 6) is 0. The highest BCUT2D eigenvalue weighted by Crippen LogP contribution is 2.22. The molecule has 1 aliphatic rings. The molecule has 3 heteroatoms. The van der Waals surface area contributed by atoms with Gasteiger partial charge < -0.3 is 4.90 Å². The van der Waals surface area contributed by atoms with Crippen molar-refractivity contribution < 1.29 is 4.79 Å². The van der Waals surface area contributed by atoms with Crippen LogP contribution in [0.5, 0.6) is 0 Å². The van der Waals surface area contributed by atoms with Gasteiger partial charge in [-0.15, -0.1) is 0 Å². The first-order valence-electron chi connectivity index (χ1n) is 5.67. The van der Waals surface area contributed by atoms with Crippen LogP contribution in [0.25, 0.3) is 0 Å². The molecule has 1 amide bonds. The Morgan fingerprint density at radius 3 is 2.43 bits per heavy atom. The molecule has 0 aliphatic heterocycles. The maximum atomic E-state index is 10.4. The molecule has 1 aliphatic carbocycles. The Morgan fingerprint density at radius 2 is 1.93 bits per heavy atom. The van der Waals surface area contributed by atoms with Crippen molar-refractivity contribution in [1.29, 1.82) is 0 Å². The predicted molar refractivity (Wildman–Crippen MR) is 58.2 cm³/mol. The topological polar surface area (TPSA) is 23.6 Å². The van der Waals surface area contributed by atoms with Gasteiger partial charge in [0.25, 0.3) is 0 Å². The van der Waals surface area contributed by atoms with Gasteiger partial charge >= 0.3 is 0 Å². The molecule has 0 aromatic rings. The number of amides is 1. The number of carbonyl (C=O) groups excluding carboxylic acids is 1. The zero-order valence-corrected chi connectivity index (χ0v) is 9.41. The molecular weight excluding hydrogens is 176 g/mol. The average molecular weight is 198 g/mol. The normalized spacial score (nSPS) is 17.6. The van der Waals surface area contributed by atoms with Gasteiger partial charge in [-0.1, -0.05) is 19.8 Å². The van der Waals surface area contributed by atoms with Crippen molar-refractivity contribution in [3.05, 3.63) is 0 Å². The molecule has 0 heterocycles. The summed E-state index contributed by atoms with van der Waals surface area (Å²) in [5.41, 5.74) is 0. The summed E-state index contributed by atoms with van der Waals surface area (Å²) < 4.78 is 0. The van der Waals surface area contributed by atoms with Gasteiger partial charge in [-0.25, -0.2) is 0 Å². The molecule has 0 unspecified atom stereocenters. The summed E-state index contributed by atoms with van der Waals surface area (Å²) in [6.07, 6.45) is 6.36. The maximum absolute atomic E-state index is 10.4. The van der Waals surface area contributed by atoms with Crippen LogP contribution in [0.2, 0.25) is 0 Å². The molecule has 1 rings (SSSR count). The molecule has 0 radical (unpaired) electrons. The fourth-order valence-electron chi connectivity index (χ4n) is 2.21. The Hall–Kier alpha value is -0.570. The molecule has 0 saturated heterocycles. The zero-order chi connectivity index (χ0) is 10.4. The first-order chi connectivity index (χ1) is 6.77. The van der Waals surface area contributed by atoms with Crippen LogP contribution in [0.15, 0.2) is 0 Å². The van der Waals surface area contributed by atoms with Crippen LogP contribution in [0.1, 0.15) is 32.6 Å². The largest absolute Gasteiger partial charge is 0.347 e. The highest BCUT2D eigenvalue weighted by molar-refractivity contribution is 5.46. The van der Waals surface area contributed by atoms with Crippen LogP contribution >= 0.6 is 0 Å². The zero-order valence-electron chi connectivity index (χ0n) is 9.41. The van der Waals surface area contributed by atoms with Crippen molar-refractivity contribution in [2.45, 2.75) is 38.6 Å². The minimum Gasteiger partial charge on any atom is -0.347 e. The molecule has 1 fully saturated rings. The Morgan fingerprint density at radius 1 is 1.29 bits per heavy atom. The number of hydrogen-bond acceptors (Lipinski definition) is 2. The summed E-state index contributed by atoms with van der Waals surface area (Å²) >= 11 is 0. The number of nitrogens with zero attached hydrogens (tertiary/aromatic N) is 2. The van der Waals surface area contributed by atoms with Crippen molar-refractivity contribution in [2.24, 2.45) is 0 Å². The van der Waals surface area contributed by atoms with E-state index in [1.165, 1.54) is 25.7 Å². The standard InChI is InChI=1S/C11H22N2O/c1-3-13(9-8-12(2)10-14)11-6-4-5-7-11/h10-11H,3-9H2,1-2H3. The monoisotopic (exact) mass is 198 g/mol. The molecule has 1 saturated carbocycles. The van der Waals surface area contributed by atoms with E-state index in [1.807, 2.05) is 7.05 Å². The van der Waals surface area contributed by atoms with E-state index in [0.29, 0.717) is 0 Å². The Bertz CT molecular complexity index is 167. The number of hydrogen-bond donors (Lipinski definition) is 0. The second kappa shape index (κ2) is 6.02. The molecule has 0 atom stereocenters. The Labute approximate surface area is 87.1 Å². The van der Waals surface area contributed by atoms with Crippen molar-refractivity contribution in [2.75, 3.05) is 26.7 Å². The molecule has 0 N–H and O–H groups in total. The van der Waals surface area contributed by atoms with Crippen LogP contribution in [0, 0.1) is 0 Å². The predicted octanol–water partition coefficient (Wildman–Crippen LogP) is 1.34. The van der Waals surface area contributed by atoms with E-state index in [-0.39, 0.29) is 0 Å². The van der Waals surface area contributed by atoms with E-state index < -0.39 is 0 Å². The van der Waals surface area contributed by atoms with E-state index in [9.17, 15) is 4.79 Å². The minimum absolute atomic E-state index is 0.778. The molecular formula is C11H22N2O. The molecule has 0 spiro atoms. The Kier molecular flexibility index (Phi) is 4.94. The van der Waals surface area contributed by atoms with Crippen LogP contribution in [-0.4, -0.2) is 48.9 Å². The van der Waals surface area contributed by atoms with Crippen LogP contribution in [0.3, 0.4) is 0 Å². The smallest absolute Gasteiger partial charge is 0.209 e. The quantitative estimate of drug-likeness (QED) is 0.601. The third kappa shape index (κ3) is 3.29. The fourth-order valence-corrected chi connectivity index (χ4v) is 2.21. The number of carbonyl (C=O) groups is 1. The lowest BCUT2D eigenvalue weighted by molar-refractivity contribution is -0.117. The molecule has 82 valence electrons. The van der Waals surface area contributed by atoms with E-state index in [2.05, 4.69) is 11.8 Å². The van der Waals surface area contributed by atoms with Crippen molar-refractivity contribution in [3.8, 4) is 0 Å². The summed E-state index contributed by atoms with van der Waals surface area (Å²) in [5, 5.41) is 0. The van der Waals surface area contributed by atoms with E-state index in [4.69, 9.17) is 0 Å². The maximum Gasteiger partial charge on any atom is 0.209 e. The van der Waals surface area contributed by atoms with Gasteiger partial charge in [0.1, 0.15) is 0 Å². The molecule has 0 bridgehead atoms. The molecule has 14 heavy (non-hydrogen) atoms. The van der Waals surface area contributed by atoms with Gasteiger partial charge in [0.15, 0.2) is 0 Å². The third-order valence-electron chi connectivity index (χ3n) is 3.17. The van der Waals surface area contributed by atoms with Gasteiger partial charge in [-0.05, 0) is 19.4 Å². The highest BCUT2D eigenvalue weighted by Gasteiger charge is 2.20. The summed E-state index contributed by atoms with van der Waals surface area (Å²) in [6, 6.07) is 0.778. The molecule has 0 aromatic carbocycles. The van der Waals surface area contributed by atoms with Gasteiger partial charge in [0, 0.05) is 26.2 Å². The fraction of sp³-hybridized carbons (Fsp3) is 0.909.